The van der Waals surface area contributed by atoms with Gasteiger partial charge in [0.05, 0.1) is 32.6 Å². The zero-order valence-electron chi connectivity index (χ0n) is 16.0. The van der Waals surface area contributed by atoms with E-state index in [0.717, 1.165) is 32.8 Å². The normalized spacial score (nSPS) is 18.3. The summed E-state index contributed by atoms with van der Waals surface area (Å²) in [5.74, 6) is 1.78. The molecule has 1 saturated heterocycles. The first kappa shape index (κ1) is 23.2. The fourth-order valence-corrected chi connectivity index (χ4v) is 2.96. The minimum atomic E-state index is -0.695. The Bertz CT molecular complexity index is 505. The topological polar surface area (TPSA) is 82.3 Å². The lowest BCUT2D eigenvalue weighted by Crippen LogP contribution is -2.48. The van der Waals surface area contributed by atoms with Crippen LogP contribution in [0, 0.1) is 5.92 Å². The van der Waals surface area contributed by atoms with E-state index >= 15 is 0 Å². The van der Waals surface area contributed by atoms with E-state index in [1.807, 2.05) is 6.92 Å². The lowest BCUT2D eigenvalue weighted by Gasteiger charge is -2.36. The lowest BCUT2D eigenvalue weighted by molar-refractivity contribution is 0.00867. The smallest absolute Gasteiger partial charge is 0.191 e. The molecule has 1 aromatic heterocycles. The summed E-state index contributed by atoms with van der Waals surface area (Å²) in [7, 11) is 0. The Kier molecular flexibility index (Phi) is 11.2. The third-order valence-electron chi connectivity index (χ3n) is 4.40. The summed E-state index contributed by atoms with van der Waals surface area (Å²) in [4.78, 5) is 7.19. The summed E-state index contributed by atoms with van der Waals surface area (Å²) in [6, 6.07) is 3.92. The molecule has 1 aromatic rings. The van der Waals surface area contributed by atoms with Crippen molar-refractivity contribution in [2.24, 2.45) is 10.9 Å². The highest BCUT2D eigenvalue weighted by Gasteiger charge is 2.23. The first-order chi connectivity index (χ1) is 12.1. The summed E-state index contributed by atoms with van der Waals surface area (Å²) < 4.78 is 10.7. The van der Waals surface area contributed by atoms with Gasteiger partial charge in [0.15, 0.2) is 5.96 Å². The van der Waals surface area contributed by atoms with Crippen LogP contribution in [0.2, 0.25) is 0 Å². The molecule has 0 aromatic carbocycles. The Hall–Kier alpha value is -0.840. The number of guanidine groups is 1. The Balaban J connectivity index is 0.00000338. The predicted octanol–water partition coefficient (Wildman–Crippen LogP) is 1.84. The molecule has 2 atom stereocenters. The fraction of sp³-hybridized carbons (Fsp3) is 0.722. The van der Waals surface area contributed by atoms with Gasteiger partial charge in [-0.15, -0.1) is 24.0 Å². The second kappa shape index (κ2) is 12.5. The van der Waals surface area contributed by atoms with Crippen LogP contribution in [0.25, 0.3) is 0 Å². The number of halogens is 1. The van der Waals surface area contributed by atoms with E-state index in [9.17, 15) is 5.11 Å². The van der Waals surface area contributed by atoms with Crippen molar-refractivity contribution >= 4 is 29.9 Å². The van der Waals surface area contributed by atoms with Gasteiger partial charge in [0.2, 0.25) is 0 Å². The van der Waals surface area contributed by atoms with Crippen LogP contribution in [0.3, 0.4) is 0 Å². The number of furan rings is 1. The van der Waals surface area contributed by atoms with E-state index in [1.165, 1.54) is 0 Å². The van der Waals surface area contributed by atoms with Crippen molar-refractivity contribution in [3.8, 4) is 0 Å². The Morgan fingerprint density at radius 2 is 2.04 bits per heavy atom. The number of aliphatic hydroxyl groups is 1. The first-order valence-electron chi connectivity index (χ1n) is 9.17. The van der Waals surface area contributed by atoms with Crippen LogP contribution >= 0.6 is 24.0 Å². The zero-order chi connectivity index (χ0) is 18.1. The van der Waals surface area contributed by atoms with Gasteiger partial charge in [0.1, 0.15) is 11.9 Å². The van der Waals surface area contributed by atoms with Crippen molar-refractivity contribution < 1.29 is 14.3 Å². The van der Waals surface area contributed by atoms with Crippen molar-refractivity contribution in [3.05, 3.63) is 24.2 Å². The summed E-state index contributed by atoms with van der Waals surface area (Å²) in [6.45, 7) is 11.8. The van der Waals surface area contributed by atoms with Gasteiger partial charge in [-0.2, -0.15) is 0 Å². The standard InChI is InChI=1S/C18H32N4O3.HI/c1-4-19-18(21-13-16(23)17-6-5-9-25-17)20-12-15(14(2)3)22-7-10-24-11-8-22;/h5-6,9,14-16,23H,4,7-8,10-13H2,1-3H3,(H2,19,20,21);1H. The molecule has 8 heteroatoms. The van der Waals surface area contributed by atoms with Gasteiger partial charge in [-0.25, -0.2) is 0 Å². The van der Waals surface area contributed by atoms with Gasteiger partial charge in [0.25, 0.3) is 0 Å². The molecule has 7 nitrogen and oxygen atoms in total. The molecule has 0 saturated carbocycles. The van der Waals surface area contributed by atoms with Crippen molar-refractivity contribution in [3.63, 3.8) is 0 Å². The average molecular weight is 480 g/mol. The quantitative estimate of drug-likeness (QED) is 0.299. The summed E-state index contributed by atoms with van der Waals surface area (Å²) in [5, 5.41) is 16.6. The van der Waals surface area contributed by atoms with E-state index in [-0.39, 0.29) is 24.0 Å². The average Bonchev–Trinajstić information content (AvgIpc) is 3.15. The minimum Gasteiger partial charge on any atom is -0.467 e. The van der Waals surface area contributed by atoms with Gasteiger partial charge in [-0.05, 0) is 25.0 Å². The van der Waals surface area contributed by atoms with Crippen LogP contribution in [0.5, 0.6) is 0 Å². The van der Waals surface area contributed by atoms with E-state index in [0.29, 0.717) is 36.8 Å². The molecule has 0 amide bonds. The molecule has 0 radical (unpaired) electrons. The van der Waals surface area contributed by atoms with Crippen LogP contribution in [0.1, 0.15) is 32.6 Å². The summed E-state index contributed by atoms with van der Waals surface area (Å²) >= 11 is 0. The number of hydrogen-bond acceptors (Lipinski definition) is 5. The highest BCUT2D eigenvalue weighted by atomic mass is 127. The van der Waals surface area contributed by atoms with Crippen LogP contribution in [0.15, 0.2) is 27.8 Å². The van der Waals surface area contributed by atoms with E-state index in [4.69, 9.17) is 14.1 Å². The van der Waals surface area contributed by atoms with Gasteiger partial charge < -0.3 is 24.9 Å². The van der Waals surface area contributed by atoms with Gasteiger partial charge in [-0.1, -0.05) is 13.8 Å². The Labute approximate surface area is 173 Å². The maximum atomic E-state index is 10.1. The lowest BCUT2D eigenvalue weighted by atomic mass is 10.0. The van der Waals surface area contributed by atoms with E-state index in [1.54, 1.807) is 18.4 Å². The molecule has 26 heavy (non-hydrogen) atoms. The van der Waals surface area contributed by atoms with Crippen molar-refractivity contribution in [1.82, 2.24) is 15.5 Å². The molecule has 2 unspecified atom stereocenters. The molecule has 2 heterocycles. The molecule has 3 N–H and O–H groups in total. The number of rotatable bonds is 8. The molecule has 1 aliphatic rings. The second-order valence-corrected chi connectivity index (χ2v) is 6.59. The molecule has 2 rings (SSSR count). The SMILES string of the molecule is CCNC(=NCC(C(C)C)N1CCOCC1)NCC(O)c1ccco1.I. The van der Waals surface area contributed by atoms with Gasteiger partial charge >= 0.3 is 0 Å². The van der Waals surface area contributed by atoms with E-state index < -0.39 is 6.10 Å². The number of aliphatic hydroxyl groups excluding tert-OH is 1. The first-order valence-corrected chi connectivity index (χ1v) is 9.17. The number of aliphatic imine (C=N–C) groups is 1. The molecule has 0 spiro atoms. The summed E-state index contributed by atoms with van der Waals surface area (Å²) in [5.41, 5.74) is 0. The summed E-state index contributed by atoms with van der Waals surface area (Å²) in [6.07, 6.45) is 0.868. The van der Waals surface area contributed by atoms with Crippen molar-refractivity contribution in [2.75, 3.05) is 45.9 Å². The molecule has 0 bridgehead atoms. The van der Waals surface area contributed by atoms with Crippen molar-refractivity contribution in [2.45, 2.75) is 32.9 Å². The Morgan fingerprint density at radius 3 is 2.62 bits per heavy atom. The van der Waals surface area contributed by atoms with Crippen LogP contribution in [-0.4, -0.2) is 67.9 Å². The highest BCUT2D eigenvalue weighted by molar-refractivity contribution is 14.0. The van der Waals surface area contributed by atoms with Gasteiger partial charge in [-0.3, -0.25) is 9.89 Å². The molecular formula is C18H33IN4O3. The third-order valence-corrected chi connectivity index (χ3v) is 4.40. The molecule has 0 aliphatic carbocycles. The van der Waals surface area contributed by atoms with Crippen LogP contribution < -0.4 is 10.6 Å². The molecule has 1 aliphatic heterocycles. The van der Waals surface area contributed by atoms with E-state index in [2.05, 4.69) is 29.4 Å². The van der Waals surface area contributed by atoms with Crippen LogP contribution in [0.4, 0.5) is 0 Å². The third kappa shape index (κ3) is 7.42. The maximum absolute atomic E-state index is 10.1. The predicted molar refractivity (Wildman–Crippen MR) is 114 cm³/mol. The largest absolute Gasteiger partial charge is 0.467 e. The molecule has 150 valence electrons. The fourth-order valence-electron chi connectivity index (χ4n) is 2.96. The zero-order valence-corrected chi connectivity index (χ0v) is 18.3. The Morgan fingerprint density at radius 1 is 1.31 bits per heavy atom. The molecule has 1 fully saturated rings. The van der Waals surface area contributed by atoms with Crippen LogP contribution in [-0.2, 0) is 4.74 Å². The number of morpholine rings is 1. The minimum absolute atomic E-state index is 0. The number of hydrogen-bond donors (Lipinski definition) is 3. The second-order valence-electron chi connectivity index (χ2n) is 6.59. The number of ether oxygens (including phenoxy) is 1. The highest BCUT2D eigenvalue weighted by Crippen LogP contribution is 2.14. The number of nitrogens with one attached hydrogen (secondary N) is 2. The maximum Gasteiger partial charge on any atom is 0.191 e. The van der Waals surface area contributed by atoms with Crippen molar-refractivity contribution in [1.29, 1.82) is 0 Å². The number of nitrogens with zero attached hydrogens (tertiary/aromatic N) is 2. The monoisotopic (exact) mass is 480 g/mol. The van der Waals surface area contributed by atoms with Gasteiger partial charge in [0, 0.05) is 25.7 Å². The molecular weight excluding hydrogens is 447 g/mol.